The zero-order chi connectivity index (χ0) is 9.64. The average molecular weight is 182 g/mol. The Kier molecular flexibility index (Phi) is 1.96. The quantitative estimate of drug-likeness (QED) is 0.622. The molecule has 0 bridgehead atoms. The van der Waals surface area contributed by atoms with Gasteiger partial charge in [0.25, 0.3) is 0 Å². The van der Waals surface area contributed by atoms with Gasteiger partial charge >= 0.3 is 0 Å². The van der Waals surface area contributed by atoms with E-state index >= 15 is 0 Å². The maximum Gasteiger partial charge on any atom is 0.123 e. The molecule has 0 radical (unpaired) electrons. The smallest absolute Gasteiger partial charge is 0.123 e. The first-order valence-electron chi connectivity index (χ1n) is 5.05. The van der Waals surface area contributed by atoms with Crippen LogP contribution in [0.15, 0.2) is 0 Å². The number of likely N-dealkylation sites (tertiary alicyclic amines) is 1. The molecule has 1 saturated heterocycles. The van der Waals surface area contributed by atoms with E-state index in [-0.39, 0.29) is 17.4 Å². The summed E-state index contributed by atoms with van der Waals surface area (Å²) < 4.78 is 0. The Morgan fingerprint density at radius 3 is 2.69 bits per heavy atom. The standard InChI is InChI=1S/C10H18N2O/c1-7(2)12-4-9(11)10(6-12)3-8(10)5-13/h5,7-9H,3-4,6,11H2,1-2H3. The van der Waals surface area contributed by atoms with E-state index in [1.807, 2.05) is 0 Å². The summed E-state index contributed by atoms with van der Waals surface area (Å²) in [6, 6.07) is 0.767. The molecule has 2 N–H and O–H groups in total. The minimum Gasteiger partial charge on any atom is -0.326 e. The Hall–Kier alpha value is -0.410. The number of carbonyl (C=O) groups is 1. The molecule has 1 saturated carbocycles. The number of nitrogens with two attached hydrogens (primary N) is 1. The van der Waals surface area contributed by atoms with Gasteiger partial charge < -0.3 is 10.5 Å². The van der Waals surface area contributed by atoms with Gasteiger partial charge in [-0.2, -0.15) is 0 Å². The first kappa shape index (κ1) is 9.16. The highest BCUT2D eigenvalue weighted by molar-refractivity contribution is 5.61. The fourth-order valence-corrected chi connectivity index (χ4v) is 2.53. The summed E-state index contributed by atoms with van der Waals surface area (Å²) in [4.78, 5) is 13.1. The lowest BCUT2D eigenvalue weighted by Gasteiger charge is -2.19. The number of carbonyl (C=O) groups excluding carboxylic acids is 1. The highest BCUT2D eigenvalue weighted by atomic mass is 16.1. The van der Waals surface area contributed by atoms with Crippen LogP contribution in [-0.4, -0.2) is 36.4 Å². The zero-order valence-electron chi connectivity index (χ0n) is 8.36. The van der Waals surface area contributed by atoms with Crippen molar-refractivity contribution in [3.8, 4) is 0 Å². The Morgan fingerprint density at radius 1 is 1.62 bits per heavy atom. The molecule has 1 spiro atoms. The molecule has 3 unspecified atom stereocenters. The van der Waals surface area contributed by atoms with Gasteiger partial charge in [0.15, 0.2) is 0 Å². The molecular weight excluding hydrogens is 164 g/mol. The molecule has 2 rings (SSSR count). The van der Waals surface area contributed by atoms with Crippen molar-refractivity contribution in [3.05, 3.63) is 0 Å². The molecule has 1 aliphatic heterocycles. The van der Waals surface area contributed by atoms with Crippen LogP contribution in [0.4, 0.5) is 0 Å². The summed E-state index contributed by atoms with van der Waals surface area (Å²) >= 11 is 0. The number of aldehydes is 1. The molecule has 1 aliphatic carbocycles. The molecule has 0 aromatic rings. The summed E-state index contributed by atoms with van der Waals surface area (Å²) in [7, 11) is 0. The summed E-state index contributed by atoms with van der Waals surface area (Å²) in [6.07, 6.45) is 2.10. The number of rotatable bonds is 2. The fraction of sp³-hybridized carbons (Fsp3) is 0.900. The van der Waals surface area contributed by atoms with Crippen LogP contribution in [0, 0.1) is 11.3 Å². The minimum absolute atomic E-state index is 0.159. The second-order valence-electron chi connectivity index (χ2n) is 4.81. The topological polar surface area (TPSA) is 46.3 Å². The van der Waals surface area contributed by atoms with E-state index in [1.165, 1.54) is 0 Å². The van der Waals surface area contributed by atoms with E-state index in [0.29, 0.717) is 6.04 Å². The Balaban J connectivity index is 2.05. The van der Waals surface area contributed by atoms with Gasteiger partial charge in [0.2, 0.25) is 0 Å². The SMILES string of the molecule is CC(C)N1CC(N)C2(CC2C=O)C1. The summed E-state index contributed by atoms with van der Waals surface area (Å²) in [5.74, 6) is 0.242. The van der Waals surface area contributed by atoms with Crippen LogP contribution in [-0.2, 0) is 4.79 Å². The molecule has 74 valence electrons. The maximum atomic E-state index is 10.7. The number of hydrogen-bond acceptors (Lipinski definition) is 3. The van der Waals surface area contributed by atoms with Gasteiger partial charge in [-0.1, -0.05) is 0 Å². The zero-order valence-corrected chi connectivity index (χ0v) is 8.36. The van der Waals surface area contributed by atoms with Crippen LogP contribution in [0.5, 0.6) is 0 Å². The second-order valence-corrected chi connectivity index (χ2v) is 4.81. The summed E-state index contributed by atoms with van der Waals surface area (Å²) in [6.45, 7) is 6.35. The third kappa shape index (κ3) is 1.22. The lowest BCUT2D eigenvalue weighted by molar-refractivity contribution is -0.109. The van der Waals surface area contributed by atoms with Crippen LogP contribution < -0.4 is 5.73 Å². The number of hydrogen-bond donors (Lipinski definition) is 1. The Labute approximate surface area is 79.3 Å². The average Bonchev–Trinajstić information content (AvgIpc) is 2.68. The molecule has 0 aromatic carbocycles. The van der Waals surface area contributed by atoms with Crippen LogP contribution >= 0.6 is 0 Å². The molecule has 0 aromatic heterocycles. The van der Waals surface area contributed by atoms with Crippen LogP contribution in [0.2, 0.25) is 0 Å². The number of nitrogens with zero attached hydrogens (tertiary/aromatic N) is 1. The van der Waals surface area contributed by atoms with Crippen LogP contribution in [0.25, 0.3) is 0 Å². The molecular formula is C10H18N2O. The van der Waals surface area contributed by atoms with E-state index in [1.54, 1.807) is 0 Å². The molecule has 3 nitrogen and oxygen atoms in total. The van der Waals surface area contributed by atoms with Crippen LogP contribution in [0.1, 0.15) is 20.3 Å². The van der Waals surface area contributed by atoms with Gasteiger partial charge in [0.05, 0.1) is 0 Å². The lowest BCUT2D eigenvalue weighted by Crippen LogP contribution is -2.33. The van der Waals surface area contributed by atoms with E-state index in [4.69, 9.17) is 5.73 Å². The second kappa shape index (κ2) is 2.79. The first-order chi connectivity index (χ1) is 6.10. The largest absolute Gasteiger partial charge is 0.326 e. The predicted octanol–water partition coefficient (Wildman–Crippen LogP) is 0.243. The van der Waals surface area contributed by atoms with E-state index in [9.17, 15) is 4.79 Å². The van der Waals surface area contributed by atoms with Crippen molar-refractivity contribution in [2.45, 2.75) is 32.4 Å². The minimum atomic E-state index is 0.159. The third-order valence-electron chi connectivity index (χ3n) is 3.74. The highest BCUT2D eigenvalue weighted by Gasteiger charge is 2.61. The van der Waals surface area contributed by atoms with Crippen molar-refractivity contribution < 1.29 is 4.79 Å². The van der Waals surface area contributed by atoms with Gasteiger partial charge in [-0.25, -0.2) is 0 Å². The van der Waals surface area contributed by atoms with E-state index < -0.39 is 0 Å². The van der Waals surface area contributed by atoms with Crippen molar-refractivity contribution >= 4 is 6.29 Å². The van der Waals surface area contributed by atoms with Crippen molar-refractivity contribution in [1.82, 2.24) is 4.90 Å². The van der Waals surface area contributed by atoms with Gasteiger partial charge in [-0.3, -0.25) is 4.90 Å². The normalized spacial score (nSPS) is 44.6. The summed E-state index contributed by atoms with van der Waals surface area (Å²) in [5, 5.41) is 0. The van der Waals surface area contributed by atoms with Crippen molar-refractivity contribution in [2.75, 3.05) is 13.1 Å². The Morgan fingerprint density at radius 2 is 2.31 bits per heavy atom. The molecule has 13 heavy (non-hydrogen) atoms. The van der Waals surface area contributed by atoms with Gasteiger partial charge in [0.1, 0.15) is 6.29 Å². The molecule has 2 fully saturated rings. The summed E-state index contributed by atoms with van der Waals surface area (Å²) in [5.41, 5.74) is 6.23. The van der Waals surface area contributed by atoms with Gasteiger partial charge in [-0.15, -0.1) is 0 Å². The molecule has 2 aliphatic rings. The van der Waals surface area contributed by atoms with Crippen LogP contribution in [0.3, 0.4) is 0 Å². The fourth-order valence-electron chi connectivity index (χ4n) is 2.53. The predicted molar refractivity (Wildman–Crippen MR) is 51.3 cm³/mol. The first-order valence-corrected chi connectivity index (χ1v) is 5.05. The highest BCUT2D eigenvalue weighted by Crippen LogP contribution is 2.56. The van der Waals surface area contributed by atoms with E-state index in [0.717, 1.165) is 25.8 Å². The molecule has 3 heteroatoms. The Bertz CT molecular complexity index is 229. The van der Waals surface area contributed by atoms with Crippen molar-refractivity contribution in [2.24, 2.45) is 17.1 Å². The van der Waals surface area contributed by atoms with Gasteiger partial charge in [0, 0.05) is 36.5 Å². The van der Waals surface area contributed by atoms with Gasteiger partial charge in [-0.05, 0) is 20.3 Å². The molecule has 0 amide bonds. The van der Waals surface area contributed by atoms with E-state index in [2.05, 4.69) is 18.7 Å². The lowest BCUT2D eigenvalue weighted by atomic mass is 9.99. The molecule has 3 atom stereocenters. The van der Waals surface area contributed by atoms with Crippen molar-refractivity contribution in [1.29, 1.82) is 0 Å². The van der Waals surface area contributed by atoms with Crippen molar-refractivity contribution in [3.63, 3.8) is 0 Å². The maximum absolute atomic E-state index is 10.7. The molecule has 1 heterocycles. The third-order valence-corrected chi connectivity index (χ3v) is 3.74. The monoisotopic (exact) mass is 182 g/mol.